The fraction of sp³-hybridized carbons (Fsp3) is 0.500. The Bertz CT molecular complexity index is 310. The third-order valence-corrected chi connectivity index (χ3v) is 2.40. The van der Waals surface area contributed by atoms with Crippen LogP contribution in [0.1, 0.15) is 25.1 Å². The van der Waals surface area contributed by atoms with Crippen LogP contribution in [0, 0.1) is 6.92 Å². The predicted octanol–water partition coefficient (Wildman–Crippen LogP) is 2.31. The summed E-state index contributed by atoms with van der Waals surface area (Å²) in [5, 5.41) is 9.64. The number of aliphatic hydroxyl groups excluding tert-OH is 1. The molecule has 0 aromatic carbocycles. The van der Waals surface area contributed by atoms with Crippen LogP contribution in [0.4, 0.5) is 0 Å². The van der Waals surface area contributed by atoms with Crippen LogP contribution in [0.5, 0.6) is 0 Å². The van der Waals surface area contributed by atoms with E-state index in [9.17, 15) is 0 Å². The van der Waals surface area contributed by atoms with Crippen molar-refractivity contribution in [1.29, 1.82) is 0 Å². The molecule has 0 amide bonds. The van der Waals surface area contributed by atoms with Gasteiger partial charge in [-0.3, -0.25) is 0 Å². The molecule has 0 bridgehead atoms. The Kier molecular flexibility index (Phi) is 2.94. The molecule has 1 N–H and O–H groups in total. The average molecular weight is 200 g/mol. The molecule has 0 aliphatic rings. The number of aryl methyl sites for hydroxylation is 1. The van der Waals surface area contributed by atoms with Crippen molar-refractivity contribution < 1.29 is 5.11 Å². The van der Waals surface area contributed by atoms with Gasteiger partial charge in [-0.1, -0.05) is 31.5 Å². The van der Waals surface area contributed by atoms with E-state index in [1.54, 1.807) is 0 Å². The topological polar surface area (TPSA) is 33.1 Å². The third kappa shape index (κ3) is 2.20. The van der Waals surface area contributed by atoms with E-state index in [4.69, 9.17) is 16.7 Å². The van der Waals surface area contributed by atoms with Crippen molar-refractivity contribution in [3.63, 3.8) is 0 Å². The zero-order chi connectivity index (χ0) is 10.1. The zero-order valence-electron chi connectivity index (χ0n) is 8.13. The Morgan fingerprint density at radius 2 is 2.08 bits per heavy atom. The summed E-state index contributed by atoms with van der Waals surface area (Å²) >= 11 is 5.97. The molecule has 1 aromatic heterocycles. The minimum atomic E-state index is -0.322. The Morgan fingerprint density at radius 3 is 2.54 bits per heavy atom. The van der Waals surface area contributed by atoms with Gasteiger partial charge in [-0.05, 0) is 18.6 Å². The van der Waals surface area contributed by atoms with Gasteiger partial charge in [-0.15, -0.1) is 0 Å². The molecule has 2 nitrogen and oxygen atoms in total. The summed E-state index contributed by atoms with van der Waals surface area (Å²) in [6, 6.07) is 3.82. The molecule has 0 fully saturated rings. The summed E-state index contributed by atoms with van der Waals surface area (Å²) in [6.45, 7) is 5.83. The number of nitrogens with zero attached hydrogens (tertiary/aromatic N) is 1. The molecule has 1 aromatic rings. The number of aromatic nitrogens is 1. The Morgan fingerprint density at radius 1 is 1.46 bits per heavy atom. The van der Waals surface area contributed by atoms with Crippen LogP contribution in [-0.2, 0) is 5.41 Å². The van der Waals surface area contributed by atoms with Gasteiger partial charge in [0, 0.05) is 11.1 Å². The first-order valence-corrected chi connectivity index (χ1v) is 4.59. The maximum atomic E-state index is 9.15. The lowest BCUT2D eigenvalue weighted by Gasteiger charge is -2.22. The molecule has 0 spiro atoms. The van der Waals surface area contributed by atoms with E-state index in [-0.39, 0.29) is 12.0 Å². The zero-order valence-corrected chi connectivity index (χ0v) is 8.89. The number of rotatable bonds is 2. The first kappa shape index (κ1) is 10.5. The first-order chi connectivity index (χ1) is 5.97. The minimum Gasteiger partial charge on any atom is -0.395 e. The molecule has 72 valence electrons. The largest absolute Gasteiger partial charge is 0.395 e. The molecule has 1 heterocycles. The van der Waals surface area contributed by atoms with Crippen molar-refractivity contribution in [3.8, 4) is 0 Å². The molecule has 13 heavy (non-hydrogen) atoms. The van der Waals surface area contributed by atoms with Gasteiger partial charge in [0.15, 0.2) is 0 Å². The molecule has 0 saturated heterocycles. The normalized spacial score (nSPS) is 11.8. The van der Waals surface area contributed by atoms with Gasteiger partial charge in [0.05, 0.1) is 6.61 Å². The maximum absolute atomic E-state index is 9.15. The number of pyridine rings is 1. The van der Waals surface area contributed by atoms with E-state index in [1.165, 1.54) is 0 Å². The van der Waals surface area contributed by atoms with Crippen molar-refractivity contribution in [3.05, 3.63) is 28.5 Å². The van der Waals surface area contributed by atoms with Crippen LogP contribution in [0.2, 0.25) is 5.15 Å². The predicted molar refractivity (Wildman–Crippen MR) is 54.1 cm³/mol. The highest BCUT2D eigenvalue weighted by molar-refractivity contribution is 6.30. The number of hydrogen-bond donors (Lipinski definition) is 1. The highest BCUT2D eigenvalue weighted by Crippen LogP contribution is 2.27. The van der Waals surface area contributed by atoms with Crippen molar-refractivity contribution in [2.24, 2.45) is 0 Å². The standard InChI is InChI=1S/C10H14ClNO/c1-7-4-5-8(9(11)12-7)10(2,3)6-13/h4-5,13H,6H2,1-3H3. The van der Waals surface area contributed by atoms with Crippen molar-refractivity contribution in [2.45, 2.75) is 26.2 Å². The second-order valence-electron chi connectivity index (χ2n) is 3.83. The van der Waals surface area contributed by atoms with Crippen LogP contribution < -0.4 is 0 Å². The summed E-state index contributed by atoms with van der Waals surface area (Å²) in [4.78, 5) is 4.14. The summed E-state index contributed by atoms with van der Waals surface area (Å²) in [5.74, 6) is 0. The molecule has 1 rings (SSSR count). The maximum Gasteiger partial charge on any atom is 0.133 e. The highest BCUT2D eigenvalue weighted by Gasteiger charge is 2.22. The van der Waals surface area contributed by atoms with Gasteiger partial charge in [0.1, 0.15) is 5.15 Å². The Hall–Kier alpha value is -0.600. The highest BCUT2D eigenvalue weighted by atomic mass is 35.5. The van der Waals surface area contributed by atoms with E-state index >= 15 is 0 Å². The number of halogens is 1. The van der Waals surface area contributed by atoms with Gasteiger partial charge < -0.3 is 5.11 Å². The summed E-state index contributed by atoms with van der Waals surface area (Å²) < 4.78 is 0. The molecule has 0 saturated carbocycles. The molecule has 0 aliphatic heterocycles. The smallest absolute Gasteiger partial charge is 0.133 e. The average Bonchev–Trinajstić information content (AvgIpc) is 2.03. The molecular formula is C10H14ClNO. The van der Waals surface area contributed by atoms with Gasteiger partial charge >= 0.3 is 0 Å². The van der Waals surface area contributed by atoms with E-state index < -0.39 is 0 Å². The molecule has 0 unspecified atom stereocenters. The van der Waals surface area contributed by atoms with Crippen molar-refractivity contribution >= 4 is 11.6 Å². The monoisotopic (exact) mass is 199 g/mol. The molecule has 0 radical (unpaired) electrons. The number of aliphatic hydroxyl groups is 1. The summed E-state index contributed by atoms with van der Waals surface area (Å²) in [7, 11) is 0. The van der Waals surface area contributed by atoms with Crippen LogP contribution in [-0.4, -0.2) is 16.7 Å². The third-order valence-electron chi connectivity index (χ3n) is 2.11. The van der Waals surface area contributed by atoms with Crippen LogP contribution in [0.25, 0.3) is 0 Å². The minimum absolute atomic E-state index is 0.0669. The molecule has 0 atom stereocenters. The number of hydrogen-bond acceptors (Lipinski definition) is 2. The van der Waals surface area contributed by atoms with Crippen LogP contribution in [0.3, 0.4) is 0 Å². The van der Waals surface area contributed by atoms with E-state index in [0.717, 1.165) is 11.3 Å². The first-order valence-electron chi connectivity index (χ1n) is 4.22. The van der Waals surface area contributed by atoms with E-state index in [0.29, 0.717) is 5.15 Å². The lowest BCUT2D eigenvalue weighted by Crippen LogP contribution is -2.22. The van der Waals surface area contributed by atoms with Gasteiger partial charge in [-0.25, -0.2) is 4.98 Å². The SMILES string of the molecule is Cc1ccc(C(C)(C)CO)c(Cl)n1. The van der Waals surface area contributed by atoms with Crippen LogP contribution in [0.15, 0.2) is 12.1 Å². The molecule has 3 heteroatoms. The second kappa shape index (κ2) is 3.64. The van der Waals surface area contributed by atoms with Crippen LogP contribution >= 0.6 is 11.6 Å². The van der Waals surface area contributed by atoms with Crippen molar-refractivity contribution in [2.75, 3.05) is 6.61 Å². The fourth-order valence-electron chi connectivity index (χ4n) is 1.12. The Labute approximate surface area is 83.6 Å². The summed E-state index contributed by atoms with van der Waals surface area (Å²) in [6.07, 6.45) is 0. The van der Waals surface area contributed by atoms with Gasteiger partial charge in [-0.2, -0.15) is 0 Å². The fourth-order valence-corrected chi connectivity index (χ4v) is 1.57. The quantitative estimate of drug-likeness (QED) is 0.742. The lowest BCUT2D eigenvalue weighted by atomic mass is 9.87. The van der Waals surface area contributed by atoms with Gasteiger partial charge in [0.25, 0.3) is 0 Å². The van der Waals surface area contributed by atoms with E-state index in [2.05, 4.69) is 4.98 Å². The Balaban J connectivity index is 3.16. The van der Waals surface area contributed by atoms with E-state index in [1.807, 2.05) is 32.9 Å². The molecule has 0 aliphatic carbocycles. The summed E-state index contributed by atoms with van der Waals surface area (Å²) in [5.41, 5.74) is 1.46. The van der Waals surface area contributed by atoms with Crippen molar-refractivity contribution in [1.82, 2.24) is 4.98 Å². The molecular weight excluding hydrogens is 186 g/mol. The lowest BCUT2D eigenvalue weighted by molar-refractivity contribution is 0.218. The van der Waals surface area contributed by atoms with Gasteiger partial charge in [0.2, 0.25) is 0 Å². The second-order valence-corrected chi connectivity index (χ2v) is 4.19.